The normalized spacial score (nSPS) is 26.8. The molecule has 1 aliphatic heterocycles. The molecule has 0 saturated carbocycles. The molecular formula is C3H5NO4S. The molecule has 0 aromatic heterocycles. The fraction of sp³-hybridized carbons (Fsp3) is 0.667. The van der Waals surface area contributed by atoms with Gasteiger partial charge in [-0.1, -0.05) is 0 Å². The van der Waals surface area contributed by atoms with Gasteiger partial charge in [-0.3, -0.25) is 9.35 Å². The minimum atomic E-state index is -4.13. The highest BCUT2D eigenvalue weighted by molar-refractivity contribution is 7.87. The van der Waals surface area contributed by atoms with Crippen molar-refractivity contribution in [2.24, 2.45) is 0 Å². The van der Waals surface area contributed by atoms with Crippen LogP contribution in [0.1, 0.15) is 0 Å². The third kappa shape index (κ3) is 1.03. The van der Waals surface area contributed by atoms with Gasteiger partial charge < -0.3 is 5.32 Å². The van der Waals surface area contributed by atoms with Crippen LogP contribution in [0.4, 0.5) is 0 Å². The summed E-state index contributed by atoms with van der Waals surface area (Å²) in [6, 6.07) is 0. The predicted molar refractivity (Wildman–Crippen MR) is 28.3 cm³/mol. The van der Waals surface area contributed by atoms with E-state index in [4.69, 9.17) is 4.55 Å². The number of carbonyl (C=O) groups excluding carboxylic acids is 1. The van der Waals surface area contributed by atoms with Gasteiger partial charge in [0, 0.05) is 6.54 Å². The number of carbonyl (C=O) groups is 1. The maximum atomic E-state index is 10.2. The molecule has 0 spiro atoms. The molecule has 1 fully saturated rings. The van der Waals surface area contributed by atoms with Gasteiger partial charge in [0.1, 0.15) is 0 Å². The Morgan fingerprint density at radius 1 is 1.67 bits per heavy atom. The molecule has 0 aromatic carbocycles. The highest BCUT2D eigenvalue weighted by atomic mass is 32.2. The number of β-lactam (4-membered cyclic amide) rings is 1. The molecule has 1 unspecified atom stereocenters. The molecule has 0 bridgehead atoms. The van der Waals surface area contributed by atoms with E-state index in [9.17, 15) is 13.2 Å². The van der Waals surface area contributed by atoms with E-state index in [1.807, 2.05) is 0 Å². The zero-order chi connectivity index (χ0) is 7.07. The fourth-order valence-corrected chi connectivity index (χ4v) is 1.16. The Balaban J connectivity index is 2.77. The second-order valence-electron chi connectivity index (χ2n) is 1.75. The van der Waals surface area contributed by atoms with E-state index >= 15 is 0 Å². The van der Waals surface area contributed by atoms with Crippen molar-refractivity contribution in [2.75, 3.05) is 6.54 Å². The predicted octanol–water partition coefficient (Wildman–Crippen LogP) is -1.63. The second kappa shape index (κ2) is 1.68. The molecule has 1 rings (SSSR count). The van der Waals surface area contributed by atoms with Gasteiger partial charge in [-0.15, -0.1) is 0 Å². The maximum Gasteiger partial charge on any atom is 0.278 e. The quantitative estimate of drug-likeness (QED) is 0.348. The Bertz CT molecular complexity index is 230. The third-order valence-corrected chi connectivity index (χ3v) is 2.21. The SMILES string of the molecule is O=C1NCC1S(=O)(=O)O. The van der Waals surface area contributed by atoms with E-state index in [1.54, 1.807) is 0 Å². The molecule has 52 valence electrons. The van der Waals surface area contributed by atoms with Gasteiger partial charge in [0.05, 0.1) is 0 Å². The summed E-state index contributed by atoms with van der Waals surface area (Å²) in [5.41, 5.74) is 0. The summed E-state index contributed by atoms with van der Waals surface area (Å²) in [6.07, 6.45) is 0. The van der Waals surface area contributed by atoms with Crippen molar-refractivity contribution in [3.05, 3.63) is 0 Å². The van der Waals surface area contributed by atoms with E-state index in [2.05, 4.69) is 5.32 Å². The number of hydrogen-bond acceptors (Lipinski definition) is 3. The minimum absolute atomic E-state index is 0.0255. The zero-order valence-electron chi connectivity index (χ0n) is 4.36. The van der Waals surface area contributed by atoms with Gasteiger partial charge in [0.2, 0.25) is 5.91 Å². The summed E-state index contributed by atoms with van der Waals surface area (Å²) in [5, 5.41) is 0.962. The van der Waals surface area contributed by atoms with Crippen molar-refractivity contribution in [1.29, 1.82) is 0 Å². The van der Waals surface area contributed by atoms with Gasteiger partial charge in [-0.2, -0.15) is 8.42 Å². The molecule has 1 saturated heterocycles. The lowest BCUT2D eigenvalue weighted by atomic mass is 10.3. The molecule has 1 heterocycles. The van der Waals surface area contributed by atoms with Gasteiger partial charge in [0.15, 0.2) is 5.25 Å². The van der Waals surface area contributed by atoms with Crippen LogP contribution in [0, 0.1) is 0 Å². The Hall–Kier alpha value is -0.620. The molecule has 0 aliphatic carbocycles. The Kier molecular flexibility index (Phi) is 1.21. The van der Waals surface area contributed by atoms with Crippen molar-refractivity contribution in [3.8, 4) is 0 Å². The number of nitrogens with one attached hydrogen (secondary N) is 1. The van der Waals surface area contributed by atoms with E-state index < -0.39 is 21.3 Å². The molecule has 9 heavy (non-hydrogen) atoms. The van der Waals surface area contributed by atoms with Crippen molar-refractivity contribution in [2.45, 2.75) is 5.25 Å². The zero-order valence-corrected chi connectivity index (χ0v) is 5.18. The summed E-state index contributed by atoms with van der Waals surface area (Å²) in [7, 11) is -4.13. The molecule has 5 nitrogen and oxygen atoms in total. The largest absolute Gasteiger partial charge is 0.353 e. The summed E-state index contributed by atoms with van der Waals surface area (Å²) < 4.78 is 28.5. The molecule has 1 aliphatic rings. The van der Waals surface area contributed by atoms with Crippen LogP contribution in [0.2, 0.25) is 0 Å². The summed E-state index contributed by atoms with van der Waals surface area (Å²) in [4.78, 5) is 10.2. The first-order valence-corrected chi connectivity index (χ1v) is 3.76. The summed E-state index contributed by atoms with van der Waals surface area (Å²) >= 11 is 0. The van der Waals surface area contributed by atoms with Crippen molar-refractivity contribution in [1.82, 2.24) is 5.32 Å². The second-order valence-corrected chi connectivity index (χ2v) is 3.35. The summed E-state index contributed by atoms with van der Waals surface area (Å²) in [6.45, 7) is 0.0255. The topological polar surface area (TPSA) is 83.5 Å². The van der Waals surface area contributed by atoms with Crippen molar-refractivity contribution < 1.29 is 17.8 Å². The average molecular weight is 151 g/mol. The molecule has 0 aromatic rings. The number of hydrogen-bond donors (Lipinski definition) is 2. The van der Waals surface area contributed by atoms with Crippen LogP contribution in [0.25, 0.3) is 0 Å². The maximum absolute atomic E-state index is 10.2. The van der Waals surface area contributed by atoms with E-state index in [0.29, 0.717) is 0 Å². The minimum Gasteiger partial charge on any atom is -0.353 e. The molecular weight excluding hydrogens is 146 g/mol. The lowest BCUT2D eigenvalue weighted by Gasteiger charge is -2.22. The van der Waals surface area contributed by atoms with E-state index in [-0.39, 0.29) is 6.54 Å². The highest BCUT2D eigenvalue weighted by Gasteiger charge is 2.38. The van der Waals surface area contributed by atoms with Crippen molar-refractivity contribution in [3.63, 3.8) is 0 Å². The molecule has 0 radical (unpaired) electrons. The Labute approximate surface area is 51.8 Å². The average Bonchev–Trinajstić information content (AvgIpc) is 1.57. The molecule has 1 atom stereocenters. The molecule has 6 heteroatoms. The van der Waals surface area contributed by atoms with Crippen LogP contribution in [-0.4, -0.2) is 30.7 Å². The fourth-order valence-electron chi connectivity index (χ4n) is 0.509. The van der Waals surface area contributed by atoms with Crippen LogP contribution >= 0.6 is 0 Å². The van der Waals surface area contributed by atoms with Gasteiger partial charge >= 0.3 is 0 Å². The van der Waals surface area contributed by atoms with Gasteiger partial charge in [0.25, 0.3) is 10.1 Å². The lowest BCUT2D eigenvalue weighted by Crippen LogP contribution is -2.56. The highest BCUT2D eigenvalue weighted by Crippen LogP contribution is 2.04. The Morgan fingerprint density at radius 2 is 2.22 bits per heavy atom. The standard InChI is InChI=1S/C3H5NO4S/c5-3-2(1-4-3)9(6,7)8/h2H,1H2,(H,4,5)(H,6,7,8). The first kappa shape index (κ1) is 6.50. The van der Waals surface area contributed by atoms with Gasteiger partial charge in [-0.25, -0.2) is 0 Å². The summed E-state index contributed by atoms with van der Waals surface area (Å²) in [5.74, 6) is -0.627. The lowest BCUT2D eigenvalue weighted by molar-refractivity contribution is -0.125. The van der Waals surface area contributed by atoms with Gasteiger partial charge in [-0.05, 0) is 0 Å². The van der Waals surface area contributed by atoms with Crippen LogP contribution in [0.3, 0.4) is 0 Å². The smallest absolute Gasteiger partial charge is 0.278 e. The van der Waals surface area contributed by atoms with E-state index in [1.165, 1.54) is 0 Å². The van der Waals surface area contributed by atoms with Crippen LogP contribution < -0.4 is 5.32 Å². The van der Waals surface area contributed by atoms with Crippen LogP contribution in [-0.2, 0) is 14.9 Å². The molecule has 2 N–H and O–H groups in total. The number of rotatable bonds is 1. The Morgan fingerprint density at radius 3 is 2.22 bits per heavy atom. The van der Waals surface area contributed by atoms with Crippen LogP contribution in [0.15, 0.2) is 0 Å². The first-order valence-electron chi connectivity index (χ1n) is 2.26. The first-order chi connectivity index (χ1) is 4.02. The van der Waals surface area contributed by atoms with Crippen LogP contribution in [0.5, 0.6) is 0 Å². The third-order valence-electron chi connectivity index (χ3n) is 1.11. The molecule has 1 amide bonds. The monoisotopic (exact) mass is 151 g/mol. The number of amides is 1. The van der Waals surface area contributed by atoms with Crippen molar-refractivity contribution >= 4 is 16.0 Å². The van der Waals surface area contributed by atoms with E-state index in [0.717, 1.165) is 0 Å².